The number of hydrogen-bond acceptors (Lipinski definition) is 4. The van der Waals surface area contributed by atoms with E-state index in [0.29, 0.717) is 35.3 Å². The zero-order valence-corrected chi connectivity index (χ0v) is 16.9. The van der Waals surface area contributed by atoms with E-state index >= 15 is 0 Å². The number of para-hydroxylation sites is 2. The molecule has 2 bridgehead atoms. The normalized spacial score (nSPS) is 34.0. The number of benzene rings is 1. The highest BCUT2D eigenvalue weighted by Gasteiger charge is 2.49. The lowest BCUT2D eigenvalue weighted by atomic mass is 9.71. The Morgan fingerprint density at radius 2 is 1.70 bits per heavy atom. The SMILES string of the molecule is CC(C)(C)[C@H]1CC[C@H](N2[C@H]3CC[C@@H]2[C@H](Nc2ccccc2[N+](=O)[O-])C3)CC1. The van der Waals surface area contributed by atoms with E-state index in [1.165, 1.54) is 38.5 Å². The van der Waals surface area contributed by atoms with Crippen molar-refractivity contribution in [2.45, 2.75) is 89.9 Å². The van der Waals surface area contributed by atoms with Crippen molar-refractivity contribution in [3.63, 3.8) is 0 Å². The molecule has 1 saturated carbocycles. The summed E-state index contributed by atoms with van der Waals surface area (Å²) >= 11 is 0. The van der Waals surface area contributed by atoms with E-state index < -0.39 is 0 Å². The fourth-order valence-electron chi connectivity index (χ4n) is 5.95. The highest BCUT2D eigenvalue weighted by molar-refractivity contribution is 5.62. The van der Waals surface area contributed by atoms with Crippen molar-refractivity contribution in [1.29, 1.82) is 0 Å². The van der Waals surface area contributed by atoms with E-state index in [4.69, 9.17) is 0 Å². The van der Waals surface area contributed by atoms with Crippen LogP contribution in [0.3, 0.4) is 0 Å². The van der Waals surface area contributed by atoms with Gasteiger partial charge in [-0.05, 0) is 62.3 Å². The topological polar surface area (TPSA) is 58.4 Å². The predicted octanol–water partition coefficient (Wildman–Crippen LogP) is 5.22. The predicted molar refractivity (Wildman–Crippen MR) is 109 cm³/mol. The van der Waals surface area contributed by atoms with Gasteiger partial charge in [0.15, 0.2) is 0 Å². The van der Waals surface area contributed by atoms with E-state index in [1.807, 2.05) is 12.1 Å². The summed E-state index contributed by atoms with van der Waals surface area (Å²) in [7, 11) is 0. The third kappa shape index (κ3) is 3.58. The van der Waals surface area contributed by atoms with Gasteiger partial charge in [0.05, 0.1) is 4.92 Å². The van der Waals surface area contributed by atoms with Crippen molar-refractivity contribution in [3.8, 4) is 0 Å². The van der Waals surface area contributed by atoms with Gasteiger partial charge >= 0.3 is 0 Å². The smallest absolute Gasteiger partial charge is 0.292 e. The lowest BCUT2D eigenvalue weighted by Crippen LogP contribution is -2.45. The maximum atomic E-state index is 11.3. The monoisotopic (exact) mass is 371 g/mol. The fourth-order valence-corrected chi connectivity index (χ4v) is 5.95. The van der Waals surface area contributed by atoms with Gasteiger partial charge in [0.1, 0.15) is 5.69 Å². The highest BCUT2D eigenvalue weighted by Crippen LogP contribution is 2.46. The number of hydrogen-bond donors (Lipinski definition) is 1. The molecule has 1 aromatic rings. The van der Waals surface area contributed by atoms with Crippen molar-refractivity contribution in [3.05, 3.63) is 34.4 Å². The van der Waals surface area contributed by atoms with Gasteiger partial charge in [-0.2, -0.15) is 0 Å². The first-order valence-electron chi connectivity index (χ1n) is 10.6. The van der Waals surface area contributed by atoms with Crippen molar-refractivity contribution < 1.29 is 4.92 Å². The summed E-state index contributed by atoms with van der Waals surface area (Å²) < 4.78 is 0. The molecular formula is C22H33N3O2. The number of anilines is 1. The molecule has 0 aromatic heterocycles. The molecule has 3 aliphatic rings. The summed E-state index contributed by atoms with van der Waals surface area (Å²) in [5, 5.41) is 14.9. The van der Waals surface area contributed by atoms with E-state index in [2.05, 4.69) is 31.0 Å². The maximum Gasteiger partial charge on any atom is 0.292 e. The molecule has 27 heavy (non-hydrogen) atoms. The second-order valence-corrected chi connectivity index (χ2v) is 9.88. The van der Waals surface area contributed by atoms with Gasteiger partial charge in [-0.1, -0.05) is 32.9 Å². The first-order chi connectivity index (χ1) is 12.8. The number of fused-ring (bicyclic) bond motifs is 2. The molecule has 1 aliphatic carbocycles. The minimum Gasteiger partial charge on any atom is -0.375 e. The minimum atomic E-state index is -0.277. The van der Waals surface area contributed by atoms with Crippen LogP contribution in [0.4, 0.5) is 11.4 Å². The molecule has 1 aromatic carbocycles. The summed E-state index contributed by atoms with van der Waals surface area (Å²) in [6.45, 7) is 7.14. The number of nitrogens with zero attached hydrogens (tertiary/aromatic N) is 2. The van der Waals surface area contributed by atoms with Crippen LogP contribution in [0.15, 0.2) is 24.3 Å². The zero-order valence-electron chi connectivity index (χ0n) is 16.9. The Bertz CT molecular complexity index is 691. The van der Waals surface area contributed by atoms with Gasteiger partial charge < -0.3 is 5.32 Å². The second-order valence-electron chi connectivity index (χ2n) is 9.88. The van der Waals surface area contributed by atoms with Crippen LogP contribution in [-0.2, 0) is 0 Å². The van der Waals surface area contributed by atoms with Crippen LogP contribution in [0.5, 0.6) is 0 Å². The van der Waals surface area contributed by atoms with Gasteiger partial charge in [0.25, 0.3) is 5.69 Å². The van der Waals surface area contributed by atoms with Crippen molar-refractivity contribution >= 4 is 11.4 Å². The van der Waals surface area contributed by atoms with E-state index in [-0.39, 0.29) is 10.6 Å². The average Bonchev–Trinajstić information content (AvgIpc) is 3.19. The Kier molecular flexibility index (Phi) is 4.91. The molecular weight excluding hydrogens is 338 g/mol. The molecule has 2 heterocycles. The van der Waals surface area contributed by atoms with Crippen molar-refractivity contribution in [2.75, 3.05) is 5.32 Å². The summed E-state index contributed by atoms with van der Waals surface area (Å²) in [4.78, 5) is 13.9. The minimum absolute atomic E-state index is 0.192. The zero-order chi connectivity index (χ0) is 19.2. The standard InChI is InChI=1S/C22H33N3O2/c1-22(2,3)15-8-10-16(11-9-15)24-17-12-13-20(24)19(14-17)23-18-6-4-5-7-21(18)25(26)27/h4-7,15-17,19-20,23H,8-14H2,1-3H3/t15-,16-,17-,19+,20+/m0/s1. The fraction of sp³-hybridized carbons (Fsp3) is 0.727. The molecule has 3 atom stereocenters. The van der Waals surface area contributed by atoms with Crippen LogP contribution in [0, 0.1) is 21.4 Å². The van der Waals surface area contributed by atoms with Crippen molar-refractivity contribution in [2.24, 2.45) is 11.3 Å². The molecule has 0 unspecified atom stereocenters. The van der Waals surface area contributed by atoms with Crippen LogP contribution < -0.4 is 5.32 Å². The first-order valence-corrected chi connectivity index (χ1v) is 10.6. The third-order valence-electron chi connectivity index (χ3n) is 7.38. The molecule has 0 spiro atoms. The summed E-state index contributed by atoms with van der Waals surface area (Å²) in [6, 6.07) is 9.31. The molecule has 0 radical (unpaired) electrons. The van der Waals surface area contributed by atoms with Crippen LogP contribution in [-0.4, -0.2) is 34.0 Å². The van der Waals surface area contributed by atoms with Gasteiger partial charge in [-0.3, -0.25) is 15.0 Å². The molecule has 2 aliphatic heterocycles. The molecule has 2 saturated heterocycles. The molecule has 5 heteroatoms. The van der Waals surface area contributed by atoms with Crippen LogP contribution >= 0.6 is 0 Å². The third-order valence-corrected chi connectivity index (χ3v) is 7.38. The Hall–Kier alpha value is -1.62. The summed E-state index contributed by atoms with van der Waals surface area (Å²) in [5.74, 6) is 0.842. The van der Waals surface area contributed by atoms with E-state index in [9.17, 15) is 10.1 Å². The molecule has 148 valence electrons. The van der Waals surface area contributed by atoms with Crippen LogP contribution in [0.25, 0.3) is 0 Å². The van der Waals surface area contributed by atoms with Gasteiger partial charge in [-0.15, -0.1) is 0 Å². The number of rotatable bonds is 4. The summed E-state index contributed by atoms with van der Waals surface area (Å²) in [5.41, 5.74) is 1.29. The molecule has 4 rings (SSSR count). The maximum absolute atomic E-state index is 11.3. The Labute approximate surface area is 162 Å². The van der Waals surface area contributed by atoms with Gasteiger partial charge in [-0.25, -0.2) is 0 Å². The first kappa shape index (κ1) is 18.7. The van der Waals surface area contributed by atoms with E-state index in [1.54, 1.807) is 12.1 Å². The lowest BCUT2D eigenvalue weighted by molar-refractivity contribution is -0.384. The Balaban J connectivity index is 1.43. The van der Waals surface area contributed by atoms with Gasteiger partial charge in [0.2, 0.25) is 0 Å². The second kappa shape index (κ2) is 7.08. The van der Waals surface area contributed by atoms with Gasteiger partial charge in [0, 0.05) is 30.2 Å². The lowest BCUT2D eigenvalue weighted by Gasteiger charge is -2.41. The van der Waals surface area contributed by atoms with Crippen LogP contribution in [0.1, 0.15) is 65.7 Å². The van der Waals surface area contributed by atoms with Crippen LogP contribution in [0.2, 0.25) is 0 Å². The summed E-state index contributed by atoms with van der Waals surface area (Å²) in [6.07, 6.45) is 8.94. The van der Waals surface area contributed by atoms with E-state index in [0.717, 1.165) is 12.3 Å². The number of nitrogens with one attached hydrogen (secondary N) is 1. The number of nitro groups is 1. The quantitative estimate of drug-likeness (QED) is 0.582. The van der Waals surface area contributed by atoms with Crippen molar-refractivity contribution in [1.82, 2.24) is 4.90 Å². The number of nitro benzene ring substituents is 1. The Morgan fingerprint density at radius 1 is 1.04 bits per heavy atom. The molecule has 0 amide bonds. The molecule has 1 N–H and O–H groups in total. The largest absolute Gasteiger partial charge is 0.375 e. The Morgan fingerprint density at radius 3 is 2.37 bits per heavy atom. The highest BCUT2D eigenvalue weighted by atomic mass is 16.6. The molecule has 5 nitrogen and oxygen atoms in total. The molecule has 3 fully saturated rings. The average molecular weight is 372 g/mol.